The summed E-state index contributed by atoms with van der Waals surface area (Å²) in [5.41, 5.74) is 5.82. The molecule has 10 heteroatoms. The number of nitrogens with zero attached hydrogens (tertiary/aromatic N) is 2. The molecule has 0 unspecified atom stereocenters. The van der Waals surface area contributed by atoms with Crippen molar-refractivity contribution in [2.75, 3.05) is 19.7 Å². The molecule has 7 nitrogen and oxygen atoms in total. The third-order valence-electron chi connectivity index (χ3n) is 4.71. The molecule has 1 aromatic heterocycles. The number of amides is 2. The highest BCUT2D eigenvalue weighted by Crippen LogP contribution is 2.35. The maximum Gasteiger partial charge on any atom is 0.410 e. The van der Waals surface area contributed by atoms with Crippen molar-refractivity contribution in [1.29, 1.82) is 0 Å². The Labute approximate surface area is 195 Å². The SMILES string of the molecule is CC(C)(C)OC(=O)N1CCO[C@@H](c2ccc(Cl)c(Cl)c2)[C@H](Cc2nc(C(N)=O)cs2)C1. The summed E-state index contributed by atoms with van der Waals surface area (Å²) in [6, 6.07) is 5.37. The van der Waals surface area contributed by atoms with Crippen LogP contribution in [0.5, 0.6) is 0 Å². The van der Waals surface area contributed by atoms with Crippen molar-refractivity contribution in [3.05, 3.63) is 49.9 Å². The van der Waals surface area contributed by atoms with Gasteiger partial charge in [-0.3, -0.25) is 4.79 Å². The largest absolute Gasteiger partial charge is 0.444 e. The van der Waals surface area contributed by atoms with Gasteiger partial charge in [0, 0.05) is 30.8 Å². The average molecular weight is 486 g/mol. The summed E-state index contributed by atoms with van der Waals surface area (Å²) in [6.45, 7) is 6.62. The van der Waals surface area contributed by atoms with Gasteiger partial charge in [0.2, 0.25) is 0 Å². The van der Waals surface area contributed by atoms with Crippen LogP contribution in [0.4, 0.5) is 4.79 Å². The third-order valence-corrected chi connectivity index (χ3v) is 6.32. The van der Waals surface area contributed by atoms with E-state index in [1.807, 2.05) is 26.8 Å². The monoisotopic (exact) mass is 485 g/mol. The number of primary amides is 1. The van der Waals surface area contributed by atoms with E-state index in [2.05, 4.69) is 4.98 Å². The van der Waals surface area contributed by atoms with Crippen LogP contribution in [0.25, 0.3) is 0 Å². The molecule has 31 heavy (non-hydrogen) atoms. The van der Waals surface area contributed by atoms with E-state index in [-0.39, 0.29) is 17.7 Å². The van der Waals surface area contributed by atoms with Gasteiger partial charge in [0.1, 0.15) is 11.3 Å². The Hall–Kier alpha value is -1.87. The Morgan fingerprint density at radius 3 is 2.68 bits per heavy atom. The van der Waals surface area contributed by atoms with Crippen LogP contribution in [-0.4, -0.2) is 47.2 Å². The topological polar surface area (TPSA) is 94.8 Å². The average Bonchev–Trinajstić information content (AvgIpc) is 3.03. The number of halogens is 2. The predicted molar refractivity (Wildman–Crippen MR) is 121 cm³/mol. The van der Waals surface area contributed by atoms with E-state index < -0.39 is 17.6 Å². The number of benzene rings is 1. The Kier molecular flexibility index (Phi) is 7.47. The minimum absolute atomic E-state index is 0.154. The first kappa shape index (κ1) is 23.8. The molecule has 168 valence electrons. The van der Waals surface area contributed by atoms with Crippen LogP contribution in [0.1, 0.15) is 47.9 Å². The normalized spacial score (nSPS) is 19.7. The number of carbonyl (C=O) groups excluding carboxylic acids is 2. The molecule has 1 aliphatic heterocycles. The summed E-state index contributed by atoms with van der Waals surface area (Å²) >= 11 is 13.7. The van der Waals surface area contributed by atoms with Crippen molar-refractivity contribution >= 4 is 46.5 Å². The fourth-order valence-electron chi connectivity index (χ4n) is 3.36. The molecule has 1 aromatic carbocycles. The Bertz CT molecular complexity index is 960. The molecule has 0 bridgehead atoms. The van der Waals surface area contributed by atoms with Crippen LogP contribution in [0.15, 0.2) is 23.6 Å². The van der Waals surface area contributed by atoms with E-state index in [0.717, 1.165) is 10.6 Å². The van der Waals surface area contributed by atoms with Gasteiger partial charge in [-0.15, -0.1) is 11.3 Å². The van der Waals surface area contributed by atoms with Crippen LogP contribution in [0.3, 0.4) is 0 Å². The molecular formula is C21H25Cl2N3O4S. The summed E-state index contributed by atoms with van der Waals surface area (Å²) in [6.07, 6.45) is -0.252. The number of nitrogens with two attached hydrogens (primary N) is 1. The van der Waals surface area contributed by atoms with E-state index in [9.17, 15) is 9.59 Å². The van der Waals surface area contributed by atoms with Crippen LogP contribution in [0, 0.1) is 5.92 Å². The number of carbonyl (C=O) groups is 2. The van der Waals surface area contributed by atoms with Crippen molar-refractivity contribution < 1.29 is 19.1 Å². The van der Waals surface area contributed by atoms with Crippen LogP contribution >= 0.6 is 34.5 Å². The van der Waals surface area contributed by atoms with Crippen molar-refractivity contribution in [2.24, 2.45) is 11.7 Å². The smallest absolute Gasteiger partial charge is 0.410 e. The van der Waals surface area contributed by atoms with E-state index in [1.54, 1.807) is 22.4 Å². The highest BCUT2D eigenvalue weighted by atomic mass is 35.5. The minimum atomic E-state index is -0.603. The van der Waals surface area contributed by atoms with Crippen LogP contribution in [-0.2, 0) is 15.9 Å². The van der Waals surface area contributed by atoms with Gasteiger partial charge in [-0.25, -0.2) is 9.78 Å². The summed E-state index contributed by atoms with van der Waals surface area (Å²) in [4.78, 5) is 30.2. The lowest BCUT2D eigenvalue weighted by Gasteiger charge is -2.29. The van der Waals surface area contributed by atoms with E-state index in [0.29, 0.717) is 36.2 Å². The fourth-order valence-corrected chi connectivity index (χ4v) is 4.54. The standard InChI is InChI=1S/C21H25Cl2N3O4S/c1-21(2,3)30-20(28)26-6-7-29-18(12-4-5-14(22)15(23)8-12)13(10-26)9-17-25-16(11-31-17)19(24)27/h4-5,8,11,13,18H,6-7,9-10H2,1-3H3,(H2,24,27)/t13-,18+/m1/s1. The highest BCUT2D eigenvalue weighted by Gasteiger charge is 2.34. The van der Waals surface area contributed by atoms with Crippen molar-refractivity contribution in [3.8, 4) is 0 Å². The summed E-state index contributed by atoms with van der Waals surface area (Å²) in [7, 11) is 0. The second-order valence-corrected chi connectivity index (χ2v) is 10.1. The van der Waals surface area contributed by atoms with Crippen molar-refractivity contribution in [3.63, 3.8) is 0 Å². The first-order valence-corrected chi connectivity index (χ1v) is 11.5. The maximum absolute atomic E-state index is 12.7. The molecule has 0 spiro atoms. The van der Waals surface area contributed by atoms with Gasteiger partial charge in [0.25, 0.3) is 5.91 Å². The minimum Gasteiger partial charge on any atom is -0.444 e. The number of hydrogen-bond acceptors (Lipinski definition) is 6. The lowest BCUT2D eigenvalue weighted by atomic mass is 9.92. The predicted octanol–water partition coefficient (Wildman–Crippen LogP) is 4.72. The number of aromatic nitrogens is 1. The van der Waals surface area contributed by atoms with Crippen molar-refractivity contribution in [2.45, 2.75) is 38.9 Å². The van der Waals surface area contributed by atoms with E-state index in [1.165, 1.54) is 11.3 Å². The second kappa shape index (κ2) is 9.73. The molecular weight excluding hydrogens is 461 g/mol. The lowest BCUT2D eigenvalue weighted by molar-refractivity contribution is 0.0231. The molecule has 2 amide bonds. The molecule has 3 rings (SSSR count). The Morgan fingerprint density at radius 1 is 1.32 bits per heavy atom. The molecule has 2 N–H and O–H groups in total. The second-order valence-electron chi connectivity index (χ2n) is 8.35. The molecule has 0 saturated carbocycles. The zero-order chi connectivity index (χ0) is 22.8. The van der Waals surface area contributed by atoms with Crippen LogP contribution in [0.2, 0.25) is 10.0 Å². The quantitative estimate of drug-likeness (QED) is 0.675. The van der Waals surface area contributed by atoms with Gasteiger partial charge >= 0.3 is 6.09 Å². The van der Waals surface area contributed by atoms with E-state index in [4.69, 9.17) is 38.4 Å². The zero-order valence-electron chi connectivity index (χ0n) is 17.6. The molecule has 1 fully saturated rings. The lowest BCUT2D eigenvalue weighted by Crippen LogP contribution is -2.40. The molecule has 1 aliphatic rings. The third kappa shape index (κ3) is 6.32. The Morgan fingerprint density at radius 2 is 2.06 bits per heavy atom. The molecule has 2 atom stereocenters. The van der Waals surface area contributed by atoms with Gasteiger partial charge in [-0.1, -0.05) is 29.3 Å². The molecule has 1 saturated heterocycles. The fraction of sp³-hybridized carbons (Fsp3) is 0.476. The molecule has 0 aliphatic carbocycles. The molecule has 2 heterocycles. The van der Waals surface area contributed by atoms with Crippen molar-refractivity contribution in [1.82, 2.24) is 9.88 Å². The number of thiazole rings is 1. The summed E-state index contributed by atoms with van der Waals surface area (Å²) < 4.78 is 11.7. The summed E-state index contributed by atoms with van der Waals surface area (Å²) in [5.74, 6) is -0.727. The first-order valence-electron chi connectivity index (χ1n) is 9.82. The summed E-state index contributed by atoms with van der Waals surface area (Å²) in [5, 5.41) is 3.25. The number of rotatable bonds is 4. The molecule has 2 aromatic rings. The van der Waals surface area contributed by atoms with Gasteiger partial charge in [-0.05, 0) is 38.5 Å². The maximum atomic E-state index is 12.7. The Balaban J connectivity index is 1.89. The van der Waals surface area contributed by atoms with Gasteiger partial charge in [0.05, 0.1) is 27.8 Å². The van der Waals surface area contributed by atoms with Gasteiger partial charge < -0.3 is 20.1 Å². The van der Waals surface area contributed by atoms with Gasteiger partial charge in [-0.2, -0.15) is 0 Å². The van der Waals surface area contributed by atoms with Gasteiger partial charge in [0.15, 0.2) is 0 Å². The first-order chi connectivity index (χ1) is 14.5. The van der Waals surface area contributed by atoms with Crippen LogP contribution < -0.4 is 5.73 Å². The highest BCUT2D eigenvalue weighted by molar-refractivity contribution is 7.09. The number of ether oxygens (including phenoxy) is 2. The number of hydrogen-bond donors (Lipinski definition) is 1. The van der Waals surface area contributed by atoms with E-state index >= 15 is 0 Å². The molecule has 0 radical (unpaired) electrons. The zero-order valence-corrected chi connectivity index (χ0v) is 19.9.